The maximum atomic E-state index is 5.06. The molecule has 0 amide bonds. The number of ether oxygens (including phenoxy) is 1. The zero-order valence-electron chi connectivity index (χ0n) is 6.71. The number of hydroxylamine groups is 1. The van der Waals surface area contributed by atoms with E-state index in [1.54, 1.807) is 0 Å². The molecule has 1 fully saturated rings. The van der Waals surface area contributed by atoms with E-state index in [9.17, 15) is 0 Å². The van der Waals surface area contributed by atoms with Crippen LogP contribution in [0.5, 0.6) is 0 Å². The van der Waals surface area contributed by atoms with Gasteiger partial charge < -0.3 is 4.74 Å². The highest BCUT2D eigenvalue weighted by atomic mass is 16.7. The van der Waals surface area contributed by atoms with Crippen LogP contribution in [0.2, 0.25) is 0 Å². The fraction of sp³-hybridized carbons (Fsp3) is 0.750. The molecule has 64 valence electrons. The van der Waals surface area contributed by atoms with Crippen molar-refractivity contribution in [1.29, 1.82) is 0 Å². The van der Waals surface area contributed by atoms with Crippen LogP contribution < -0.4 is 5.48 Å². The van der Waals surface area contributed by atoms with Gasteiger partial charge in [0, 0.05) is 6.54 Å². The lowest BCUT2D eigenvalue weighted by Gasteiger charge is -2.03. The predicted octanol–water partition coefficient (Wildman–Crippen LogP) is 1.08. The summed E-state index contributed by atoms with van der Waals surface area (Å²) >= 11 is 0. The Hall–Kier alpha value is -0.540. The van der Waals surface area contributed by atoms with Crippen LogP contribution in [0.15, 0.2) is 12.8 Å². The second-order valence-electron chi connectivity index (χ2n) is 2.68. The molecule has 0 aromatic rings. The zero-order chi connectivity index (χ0) is 7.94. The first-order valence-corrected chi connectivity index (χ1v) is 4.00. The second kappa shape index (κ2) is 5.16. The van der Waals surface area contributed by atoms with Crippen molar-refractivity contribution in [2.75, 3.05) is 19.8 Å². The first kappa shape index (κ1) is 8.56. The van der Waals surface area contributed by atoms with Crippen molar-refractivity contribution in [2.24, 2.45) is 5.92 Å². The van der Waals surface area contributed by atoms with Crippen molar-refractivity contribution in [2.45, 2.75) is 12.8 Å². The molecule has 0 aliphatic heterocycles. The van der Waals surface area contributed by atoms with Gasteiger partial charge >= 0.3 is 0 Å². The smallest absolute Gasteiger partial charge is 0.113 e. The first-order chi connectivity index (χ1) is 5.43. The van der Waals surface area contributed by atoms with Crippen molar-refractivity contribution >= 4 is 0 Å². The molecule has 0 heterocycles. The van der Waals surface area contributed by atoms with Gasteiger partial charge in [0.2, 0.25) is 0 Å². The minimum atomic E-state index is 0.571. The highest BCUT2D eigenvalue weighted by Gasteiger charge is 2.20. The molecule has 0 atom stereocenters. The summed E-state index contributed by atoms with van der Waals surface area (Å²) in [6.45, 7) is 5.55. The summed E-state index contributed by atoms with van der Waals surface area (Å²) in [7, 11) is 0. The van der Waals surface area contributed by atoms with E-state index in [-0.39, 0.29) is 0 Å². The summed E-state index contributed by atoms with van der Waals surface area (Å²) in [6.07, 6.45) is 4.11. The summed E-state index contributed by atoms with van der Waals surface area (Å²) in [5, 5.41) is 0. The third-order valence-electron chi connectivity index (χ3n) is 1.59. The van der Waals surface area contributed by atoms with Gasteiger partial charge in [-0.25, -0.2) is 5.48 Å². The standard InChI is InChI=1S/C8H15NO2/c1-2-10-5-6-11-9-7-8-3-4-8/h2,8-9H,1,3-7H2. The molecule has 1 N–H and O–H groups in total. The molecule has 3 heteroatoms. The summed E-state index contributed by atoms with van der Waals surface area (Å²) < 4.78 is 4.86. The van der Waals surface area contributed by atoms with Crippen LogP contribution in [0.4, 0.5) is 0 Å². The quantitative estimate of drug-likeness (QED) is 0.341. The summed E-state index contributed by atoms with van der Waals surface area (Å²) in [5.74, 6) is 0.857. The molecule has 1 saturated carbocycles. The van der Waals surface area contributed by atoms with Gasteiger partial charge in [0.05, 0.1) is 6.26 Å². The topological polar surface area (TPSA) is 30.5 Å². The summed E-state index contributed by atoms with van der Waals surface area (Å²) in [5.41, 5.74) is 2.89. The molecule has 0 aromatic carbocycles. The Labute approximate surface area is 67.3 Å². The van der Waals surface area contributed by atoms with Crippen LogP contribution in [-0.2, 0) is 9.57 Å². The average molecular weight is 157 g/mol. The highest BCUT2D eigenvalue weighted by molar-refractivity contribution is 4.73. The van der Waals surface area contributed by atoms with Gasteiger partial charge in [-0.05, 0) is 18.8 Å². The van der Waals surface area contributed by atoms with Gasteiger partial charge in [-0.2, -0.15) is 0 Å². The SMILES string of the molecule is C=COCCONCC1CC1. The second-order valence-corrected chi connectivity index (χ2v) is 2.68. The van der Waals surface area contributed by atoms with Crippen LogP contribution in [0, 0.1) is 5.92 Å². The lowest BCUT2D eigenvalue weighted by Crippen LogP contribution is -2.19. The number of hydrogen-bond acceptors (Lipinski definition) is 3. The molecule has 0 saturated heterocycles. The molecule has 0 unspecified atom stereocenters. The molecule has 3 nitrogen and oxygen atoms in total. The van der Waals surface area contributed by atoms with Crippen LogP contribution in [-0.4, -0.2) is 19.8 Å². The molecule has 0 spiro atoms. The van der Waals surface area contributed by atoms with E-state index >= 15 is 0 Å². The minimum absolute atomic E-state index is 0.571. The monoisotopic (exact) mass is 157 g/mol. The van der Waals surface area contributed by atoms with E-state index in [1.165, 1.54) is 19.1 Å². The largest absolute Gasteiger partial charge is 0.499 e. The van der Waals surface area contributed by atoms with Crippen molar-refractivity contribution in [3.8, 4) is 0 Å². The van der Waals surface area contributed by atoms with Gasteiger partial charge in [0.1, 0.15) is 13.2 Å². The Bertz CT molecular complexity index is 113. The Balaban J connectivity index is 1.69. The van der Waals surface area contributed by atoms with Gasteiger partial charge in [-0.1, -0.05) is 6.58 Å². The van der Waals surface area contributed by atoms with Crippen LogP contribution >= 0.6 is 0 Å². The Morgan fingerprint density at radius 3 is 2.91 bits per heavy atom. The molecule has 11 heavy (non-hydrogen) atoms. The first-order valence-electron chi connectivity index (χ1n) is 4.00. The van der Waals surface area contributed by atoms with E-state index in [0.717, 1.165) is 12.5 Å². The molecule has 0 radical (unpaired) electrons. The van der Waals surface area contributed by atoms with Crippen LogP contribution in [0.1, 0.15) is 12.8 Å². The molecule has 0 bridgehead atoms. The van der Waals surface area contributed by atoms with E-state index in [0.29, 0.717) is 13.2 Å². The Kier molecular flexibility index (Phi) is 4.01. The molecule has 1 aliphatic carbocycles. The maximum Gasteiger partial charge on any atom is 0.113 e. The number of nitrogens with one attached hydrogen (secondary N) is 1. The number of hydrogen-bond donors (Lipinski definition) is 1. The molecular weight excluding hydrogens is 142 g/mol. The molecule has 1 rings (SSSR count). The molecule has 0 aromatic heterocycles. The van der Waals surface area contributed by atoms with Crippen LogP contribution in [0.25, 0.3) is 0 Å². The van der Waals surface area contributed by atoms with Gasteiger partial charge in [-0.3, -0.25) is 4.84 Å². The minimum Gasteiger partial charge on any atom is -0.499 e. The van der Waals surface area contributed by atoms with Crippen molar-refractivity contribution < 1.29 is 9.57 Å². The lowest BCUT2D eigenvalue weighted by molar-refractivity contribution is 0.0125. The van der Waals surface area contributed by atoms with E-state index < -0.39 is 0 Å². The van der Waals surface area contributed by atoms with E-state index in [2.05, 4.69) is 12.1 Å². The van der Waals surface area contributed by atoms with E-state index in [1.807, 2.05) is 0 Å². The Morgan fingerprint density at radius 2 is 2.27 bits per heavy atom. The van der Waals surface area contributed by atoms with Crippen molar-refractivity contribution in [3.05, 3.63) is 12.8 Å². The number of rotatable bonds is 7. The maximum absolute atomic E-state index is 5.06. The van der Waals surface area contributed by atoms with Crippen LogP contribution in [0.3, 0.4) is 0 Å². The molecular formula is C8H15NO2. The fourth-order valence-electron chi connectivity index (χ4n) is 0.744. The van der Waals surface area contributed by atoms with Gasteiger partial charge in [-0.15, -0.1) is 0 Å². The van der Waals surface area contributed by atoms with Crippen molar-refractivity contribution in [1.82, 2.24) is 5.48 Å². The summed E-state index contributed by atoms with van der Waals surface area (Å²) in [4.78, 5) is 5.06. The fourth-order valence-corrected chi connectivity index (χ4v) is 0.744. The zero-order valence-corrected chi connectivity index (χ0v) is 6.71. The van der Waals surface area contributed by atoms with Gasteiger partial charge in [0.25, 0.3) is 0 Å². The van der Waals surface area contributed by atoms with E-state index in [4.69, 9.17) is 9.57 Å². The van der Waals surface area contributed by atoms with Crippen molar-refractivity contribution in [3.63, 3.8) is 0 Å². The lowest BCUT2D eigenvalue weighted by atomic mass is 10.4. The highest BCUT2D eigenvalue weighted by Crippen LogP contribution is 2.27. The summed E-state index contributed by atoms with van der Waals surface area (Å²) in [6, 6.07) is 0. The Morgan fingerprint density at radius 1 is 1.45 bits per heavy atom. The average Bonchev–Trinajstić information content (AvgIpc) is 2.80. The molecule has 1 aliphatic rings. The third-order valence-corrected chi connectivity index (χ3v) is 1.59. The predicted molar refractivity (Wildman–Crippen MR) is 42.8 cm³/mol. The van der Waals surface area contributed by atoms with Gasteiger partial charge in [0.15, 0.2) is 0 Å². The third kappa shape index (κ3) is 4.81. The normalized spacial score (nSPS) is 16.4.